The molecule has 1 aromatic heterocycles. The second-order valence-corrected chi connectivity index (χ2v) is 8.87. The van der Waals surface area contributed by atoms with Crippen LogP contribution in [0.2, 0.25) is 0 Å². The number of Topliss-reactive ketones (excluding diaryl/α,β-unsaturated/α-hetero) is 1. The van der Waals surface area contributed by atoms with E-state index in [9.17, 15) is 14.4 Å². The minimum Gasteiger partial charge on any atom is -0.486 e. The third-order valence-corrected chi connectivity index (χ3v) is 5.94. The number of ketones is 1. The lowest BCUT2D eigenvalue weighted by Gasteiger charge is -2.27. The third-order valence-electron chi connectivity index (χ3n) is 5.94. The lowest BCUT2D eigenvalue weighted by Crippen LogP contribution is -2.36. The van der Waals surface area contributed by atoms with Crippen molar-refractivity contribution in [3.05, 3.63) is 47.3 Å². The Balaban J connectivity index is 1.45. The first kappa shape index (κ1) is 21.9. The van der Waals surface area contributed by atoms with Gasteiger partial charge in [-0.2, -0.15) is 0 Å². The quantitative estimate of drug-likeness (QED) is 0.529. The molecule has 4 rings (SSSR count). The number of benzene rings is 1. The summed E-state index contributed by atoms with van der Waals surface area (Å²) in [4.78, 5) is 38.9. The molecule has 8 nitrogen and oxygen atoms in total. The number of amides is 3. The molecule has 2 aromatic rings. The maximum atomic E-state index is 13.0. The Morgan fingerprint density at radius 3 is 2.62 bits per heavy atom. The number of aryl methyl sites for hydroxylation is 1. The fraction of sp³-hybridized carbons (Fsp3) is 0.458. The van der Waals surface area contributed by atoms with Crippen molar-refractivity contribution < 1.29 is 23.9 Å². The van der Waals surface area contributed by atoms with E-state index in [1.165, 1.54) is 0 Å². The van der Waals surface area contributed by atoms with Crippen molar-refractivity contribution in [2.24, 2.45) is 5.92 Å². The number of para-hydroxylation sites is 2. The summed E-state index contributed by atoms with van der Waals surface area (Å²) in [5.41, 5.74) is 2.19. The molecule has 1 saturated heterocycles. The first-order chi connectivity index (χ1) is 15.2. The van der Waals surface area contributed by atoms with Crippen molar-refractivity contribution in [2.45, 2.75) is 52.8 Å². The Morgan fingerprint density at radius 2 is 1.91 bits per heavy atom. The maximum absolute atomic E-state index is 13.0. The van der Waals surface area contributed by atoms with Gasteiger partial charge < -0.3 is 19.4 Å². The zero-order valence-corrected chi connectivity index (χ0v) is 18.9. The summed E-state index contributed by atoms with van der Waals surface area (Å²) in [7, 11) is 0. The van der Waals surface area contributed by atoms with Crippen molar-refractivity contribution in [1.82, 2.24) is 14.8 Å². The van der Waals surface area contributed by atoms with Gasteiger partial charge in [-0.05, 0) is 44.4 Å². The maximum Gasteiger partial charge on any atom is 0.325 e. The zero-order valence-electron chi connectivity index (χ0n) is 18.9. The van der Waals surface area contributed by atoms with Crippen LogP contribution in [0.1, 0.15) is 42.0 Å². The van der Waals surface area contributed by atoms with Crippen LogP contribution in [0.25, 0.3) is 0 Å². The van der Waals surface area contributed by atoms with E-state index in [-0.39, 0.29) is 30.3 Å². The number of aromatic nitrogens is 1. The molecule has 0 spiro atoms. The van der Waals surface area contributed by atoms with Crippen LogP contribution in [-0.4, -0.2) is 52.5 Å². The van der Waals surface area contributed by atoms with E-state index in [1.54, 1.807) is 6.07 Å². The predicted octanol–water partition coefficient (Wildman–Crippen LogP) is 3.09. The van der Waals surface area contributed by atoms with Crippen LogP contribution < -0.4 is 14.8 Å². The zero-order chi connectivity index (χ0) is 23.0. The van der Waals surface area contributed by atoms with Crippen LogP contribution in [0.15, 0.2) is 30.3 Å². The van der Waals surface area contributed by atoms with Gasteiger partial charge in [-0.3, -0.25) is 14.5 Å². The molecule has 0 bridgehead atoms. The third kappa shape index (κ3) is 4.22. The molecule has 2 aliphatic heterocycles. The minimum absolute atomic E-state index is 0.194. The summed E-state index contributed by atoms with van der Waals surface area (Å²) in [6.45, 7) is 8.44. The van der Waals surface area contributed by atoms with Gasteiger partial charge in [0.2, 0.25) is 0 Å². The van der Waals surface area contributed by atoms with Crippen molar-refractivity contribution in [1.29, 1.82) is 0 Å². The molecule has 3 amide bonds. The van der Waals surface area contributed by atoms with Crippen molar-refractivity contribution in [3.8, 4) is 11.5 Å². The van der Waals surface area contributed by atoms with Crippen molar-refractivity contribution in [3.63, 3.8) is 0 Å². The summed E-state index contributed by atoms with van der Waals surface area (Å²) < 4.78 is 13.9. The molecule has 170 valence electrons. The highest BCUT2D eigenvalue weighted by Gasteiger charge is 2.39. The number of fused-ring (bicyclic) bond motifs is 1. The number of urea groups is 1. The summed E-state index contributed by atoms with van der Waals surface area (Å²) in [5.74, 6) is 1.10. The molecule has 2 aliphatic rings. The first-order valence-electron chi connectivity index (χ1n) is 10.9. The summed E-state index contributed by atoms with van der Waals surface area (Å²) >= 11 is 0. The van der Waals surface area contributed by atoms with Crippen LogP contribution in [0.4, 0.5) is 4.79 Å². The Labute approximate surface area is 187 Å². The molecular formula is C24H29N3O5. The molecule has 1 aromatic carbocycles. The number of imide groups is 1. The van der Waals surface area contributed by atoms with E-state index in [4.69, 9.17) is 9.47 Å². The topological polar surface area (TPSA) is 89.9 Å². The molecular weight excluding hydrogens is 410 g/mol. The molecule has 1 fully saturated rings. The second kappa shape index (κ2) is 8.68. The monoisotopic (exact) mass is 439 g/mol. The lowest BCUT2D eigenvalue weighted by atomic mass is 10.0. The molecule has 0 aliphatic carbocycles. The average molecular weight is 440 g/mol. The minimum atomic E-state index is -0.561. The summed E-state index contributed by atoms with van der Waals surface area (Å²) in [5, 5.41) is 2.69. The van der Waals surface area contributed by atoms with E-state index in [1.807, 2.05) is 56.5 Å². The molecule has 1 N–H and O–H groups in total. The lowest BCUT2D eigenvalue weighted by molar-refractivity contribution is -0.127. The SMILES string of the molecule is Cc1cc(C(=O)CN2C(=O)N[C@H](CC(C)C)C2=O)c(C)n1C[C@H]1COc2ccccc2O1. The number of carbonyl (C=O) groups is 3. The van der Waals surface area contributed by atoms with Crippen LogP contribution in [0.5, 0.6) is 11.5 Å². The standard InChI is InChI=1S/C24H29N3O5/c1-14(2)9-19-23(29)27(24(30)25-19)12-20(28)18-10-15(3)26(16(18)4)11-17-13-31-21-7-5-6-8-22(21)32-17/h5-8,10,14,17,19H,9,11-13H2,1-4H3,(H,25,30)/t17-,19+/m0/s1. The Bertz CT molecular complexity index is 1060. The van der Waals surface area contributed by atoms with Crippen molar-refractivity contribution in [2.75, 3.05) is 13.2 Å². The van der Waals surface area contributed by atoms with Gasteiger partial charge in [0.05, 0.1) is 13.1 Å². The molecule has 8 heteroatoms. The van der Waals surface area contributed by atoms with Crippen LogP contribution in [-0.2, 0) is 11.3 Å². The number of ether oxygens (including phenoxy) is 2. The molecule has 3 heterocycles. The average Bonchev–Trinajstić information content (AvgIpc) is 3.18. The molecule has 0 saturated carbocycles. The number of nitrogens with one attached hydrogen (secondary N) is 1. The molecule has 2 atom stereocenters. The Hall–Kier alpha value is -3.29. The van der Waals surface area contributed by atoms with Gasteiger partial charge in [-0.1, -0.05) is 26.0 Å². The van der Waals surface area contributed by atoms with E-state index in [2.05, 4.69) is 5.32 Å². The number of hydrogen-bond donors (Lipinski definition) is 1. The number of rotatable bonds is 7. The van der Waals surface area contributed by atoms with Crippen LogP contribution >= 0.6 is 0 Å². The summed E-state index contributed by atoms with van der Waals surface area (Å²) in [6, 6.07) is 8.28. The second-order valence-electron chi connectivity index (χ2n) is 8.87. The van der Waals surface area contributed by atoms with Gasteiger partial charge in [0.15, 0.2) is 23.4 Å². The highest BCUT2D eigenvalue weighted by molar-refractivity contribution is 6.09. The Morgan fingerprint density at radius 1 is 1.19 bits per heavy atom. The van der Waals surface area contributed by atoms with Crippen LogP contribution in [0, 0.1) is 19.8 Å². The van der Waals surface area contributed by atoms with E-state index < -0.39 is 12.1 Å². The van der Waals surface area contributed by atoms with E-state index >= 15 is 0 Å². The van der Waals surface area contributed by atoms with Gasteiger partial charge in [0, 0.05) is 17.0 Å². The smallest absolute Gasteiger partial charge is 0.325 e. The van der Waals surface area contributed by atoms with E-state index in [0.29, 0.717) is 30.9 Å². The number of hydrogen-bond acceptors (Lipinski definition) is 5. The highest BCUT2D eigenvalue weighted by atomic mass is 16.6. The fourth-order valence-electron chi connectivity index (χ4n) is 4.31. The normalized spacial score (nSPS) is 20.1. The first-order valence-corrected chi connectivity index (χ1v) is 10.9. The van der Waals surface area contributed by atoms with E-state index in [0.717, 1.165) is 22.0 Å². The fourth-order valence-corrected chi connectivity index (χ4v) is 4.31. The molecule has 32 heavy (non-hydrogen) atoms. The molecule has 0 radical (unpaired) electrons. The Kier molecular flexibility index (Phi) is 5.95. The van der Waals surface area contributed by atoms with Gasteiger partial charge >= 0.3 is 6.03 Å². The van der Waals surface area contributed by atoms with Gasteiger partial charge in [0.1, 0.15) is 12.6 Å². The van der Waals surface area contributed by atoms with Crippen LogP contribution in [0.3, 0.4) is 0 Å². The largest absolute Gasteiger partial charge is 0.486 e. The van der Waals surface area contributed by atoms with Gasteiger partial charge in [0.25, 0.3) is 5.91 Å². The van der Waals surface area contributed by atoms with Crippen molar-refractivity contribution >= 4 is 17.7 Å². The van der Waals surface area contributed by atoms with Gasteiger partial charge in [-0.15, -0.1) is 0 Å². The number of carbonyl (C=O) groups excluding carboxylic acids is 3. The predicted molar refractivity (Wildman–Crippen MR) is 118 cm³/mol. The molecule has 0 unspecified atom stereocenters. The number of nitrogens with zero attached hydrogens (tertiary/aromatic N) is 2. The summed E-state index contributed by atoms with van der Waals surface area (Å²) in [6.07, 6.45) is 0.358. The van der Waals surface area contributed by atoms with Gasteiger partial charge in [-0.25, -0.2) is 4.79 Å². The highest BCUT2D eigenvalue weighted by Crippen LogP contribution is 2.31.